The number of ketones is 1. The molecular formula is C12H17NO2. The molecule has 0 spiro atoms. The van der Waals surface area contributed by atoms with Crippen LogP contribution in [-0.4, -0.2) is 12.2 Å². The fourth-order valence-corrected chi connectivity index (χ4v) is 1.18. The standard InChI is InChI=1S/C11H14O.CH3NO/c1-3-10-4-6-11(7-5-10)8-9(2)12;2-1-3/h4-7H,3,8H2,1-2H3;1H,(H2,2,3). The highest BCUT2D eigenvalue weighted by Crippen LogP contribution is 2.05. The number of nitrogens with two attached hydrogens (primary N) is 1. The fraction of sp³-hybridized carbons (Fsp3) is 0.333. The average Bonchev–Trinajstić information content (AvgIpc) is 2.19. The van der Waals surface area contributed by atoms with E-state index in [9.17, 15) is 4.79 Å². The van der Waals surface area contributed by atoms with Crippen LogP contribution in [0, 0.1) is 0 Å². The third-order valence-corrected chi connectivity index (χ3v) is 1.88. The molecule has 0 aliphatic rings. The van der Waals surface area contributed by atoms with E-state index >= 15 is 0 Å². The molecule has 3 nitrogen and oxygen atoms in total. The van der Waals surface area contributed by atoms with Gasteiger partial charge in [-0.2, -0.15) is 0 Å². The molecule has 82 valence electrons. The molecule has 1 amide bonds. The van der Waals surface area contributed by atoms with Crippen LogP contribution < -0.4 is 5.73 Å². The Morgan fingerprint density at radius 1 is 1.27 bits per heavy atom. The minimum absolute atomic E-state index is 0.222. The van der Waals surface area contributed by atoms with E-state index in [-0.39, 0.29) is 12.2 Å². The molecule has 0 saturated heterocycles. The number of hydrogen-bond acceptors (Lipinski definition) is 2. The largest absolute Gasteiger partial charge is 0.372 e. The molecule has 0 aliphatic heterocycles. The Hall–Kier alpha value is -1.64. The Morgan fingerprint density at radius 2 is 1.67 bits per heavy atom. The summed E-state index contributed by atoms with van der Waals surface area (Å²) in [7, 11) is 0. The number of aryl methyl sites for hydroxylation is 1. The van der Waals surface area contributed by atoms with Crippen LogP contribution in [0.1, 0.15) is 25.0 Å². The maximum absolute atomic E-state index is 10.8. The molecule has 1 aromatic rings. The van der Waals surface area contributed by atoms with Crippen LogP contribution in [0.25, 0.3) is 0 Å². The smallest absolute Gasteiger partial charge is 0.204 e. The minimum atomic E-state index is 0.222. The van der Waals surface area contributed by atoms with Gasteiger partial charge in [0.15, 0.2) is 0 Å². The number of carbonyl (C=O) groups excluding carboxylic acids is 2. The van der Waals surface area contributed by atoms with Gasteiger partial charge in [-0.05, 0) is 24.5 Å². The van der Waals surface area contributed by atoms with Crippen molar-refractivity contribution in [2.24, 2.45) is 5.73 Å². The Labute approximate surface area is 90.3 Å². The van der Waals surface area contributed by atoms with Crippen LogP contribution >= 0.6 is 0 Å². The van der Waals surface area contributed by atoms with Gasteiger partial charge >= 0.3 is 0 Å². The monoisotopic (exact) mass is 207 g/mol. The molecule has 0 fully saturated rings. The molecule has 0 radical (unpaired) electrons. The first-order chi connectivity index (χ1) is 7.13. The number of Topliss-reactive ketones (excluding diaryl/α,β-unsaturated/α-hetero) is 1. The third kappa shape index (κ3) is 6.43. The highest BCUT2D eigenvalue weighted by molar-refractivity contribution is 5.78. The van der Waals surface area contributed by atoms with E-state index in [2.05, 4.69) is 24.8 Å². The predicted octanol–water partition coefficient (Wildman–Crippen LogP) is 1.48. The second kappa shape index (κ2) is 7.74. The zero-order valence-electron chi connectivity index (χ0n) is 9.19. The molecule has 0 bridgehead atoms. The van der Waals surface area contributed by atoms with Crippen molar-refractivity contribution in [3.63, 3.8) is 0 Å². The molecule has 0 heterocycles. The number of carbonyl (C=O) groups is 2. The van der Waals surface area contributed by atoms with Gasteiger partial charge in [0.25, 0.3) is 0 Å². The number of rotatable bonds is 3. The SMILES string of the molecule is CCc1ccc(CC(C)=O)cc1.NC=O. The molecule has 0 unspecified atom stereocenters. The zero-order chi connectivity index (χ0) is 11.7. The zero-order valence-corrected chi connectivity index (χ0v) is 9.19. The lowest BCUT2D eigenvalue weighted by atomic mass is 10.1. The van der Waals surface area contributed by atoms with E-state index in [0.717, 1.165) is 12.0 Å². The lowest BCUT2D eigenvalue weighted by Crippen LogP contribution is -1.95. The van der Waals surface area contributed by atoms with Crippen molar-refractivity contribution >= 4 is 12.2 Å². The van der Waals surface area contributed by atoms with Crippen molar-refractivity contribution in [3.8, 4) is 0 Å². The predicted molar refractivity (Wildman–Crippen MR) is 60.5 cm³/mol. The molecule has 0 aromatic heterocycles. The average molecular weight is 207 g/mol. The first-order valence-corrected chi connectivity index (χ1v) is 4.86. The van der Waals surface area contributed by atoms with Crippen molar-refractivity contribution in [2.75, 3.05) is 0 Å². The maximum atomic E-state index is 10.8. The van der Waals surface area contributed by atoms with Gasteiger partial charge in [-0.25, -0.2) is 0 Å². The molecule has 3 heteroatoms. The highest BCUT2D eigenvalue weighted by Gasteiger charge is 1.96. The molecule has 0 atom stereocenters. The molecule has 0 saturated carbocycles. The molecule has 0 aliphatic carbocycles. The lowest BCUT2D eigenvalue weighted by molar-refractivity contribution is -0.116. The van der Waals surface area contributed by atoms with Crippen LogP contribution in [-0.2, 0) is 22.4 Å². The summed E-state index contributed by atoms with van der Waals surface area (Å²) in [5, 5.41) is 0. The summed E-state index contributed by atoms with van der Waals surface area (Å²) < 4.78 is 0. The van der Waals surface area contributed by atoms with E-state index in [1.54, 1.807) is 6.92 Å². The number of amides is 1. The van der Waals surface area contributed by atoms with Gasteiger partial charge in [-0.1, -0.05) is 31.2 Å². The van der Waals surface area contributed by atoms with Gasteiger partial charge in [0.05, 0.1) is 0 Å². The summed E-state index contributed by atoms with van der Waals surface area (Å²) >= 11 is 0. The Bertz CT molecular complexity index is 304. The number of benzene rings is 1. The van der Waals surface area contributed by atoms with Crippen molar-refractivity contribution in [1.82, 2.24) is 0 Å². The van der Waals surface area contributed by atoms with Gasteiger partial charge < -0.3 is 5.73 Å². The maximum Gasteiger partial charge on any atom is 0.204 e. The van der Waals surface area contributed by atoms with E-state index in [0.29, 0.717) is 6.42 Å². The Balaban J connectivity index is 0.000000583. The van der Waals surface area contributed by atoms with Crippen LogP contribution in [0.2, 0.25) is 0 Å². The molecule has 1 aromatic carbocycles. The van der Waals surface area contributed by atoms with Gasteiger partial charge in [0, 0.05) is 6.42 Å². The van der Waals surface area contributed by atoms with Crippen molar-refractivity contribution in [2.45, 2.75) is 26.7 Å². The van der Waals surface area contributed by atoms with E-state index in [1.165, 1.54) is 5.56 Å². The molecular weight excluding hydrogens is 190 g/mol. The highest BCUT2D eigenvalue weighted by atomic mass is 16.1. The van der Waals surface area contributed by atoms with Crippen LogP contribution in [0.15, 0.2) is 24.3 Å². The topological polar surface area (TPSA) is 60.2 Å². The molecule has 2 N–H and O–H groups in total. The van der Waals surface area contributed by atoms with Crippen molar-refractivity contribution < 1.29 is 9.59 Å². The van der Waals surface area contributed by atoms with Gasteiger partial charge in [-0.3, -0.25) is 9.59 Å². The molecule has 1 rings (SSSR count). The molecule has 15 heavy (non-hydrogen) atoms. The number of hydrogen-bond donors (Lipinski definition) is 1. The van der Waals surface area contributed by atoms with Crippen LogP contribution in [0.4, 0.5) is 0 Å². The van der Waals surface area contributed by atoms with E-state index < -0.39 is 0 Å². The summed E-state index contributed by atoms with van der Waals surface area (Å²) in [5.74, 6) is 0.222. The number of primary amides is 1. The minimum Gasteiger partial charge on any atom is -0.372 e. The van der Waals surface area contributed by atoms with Gasteiger partial charge in [0.2, 0.25) is 6.41 Å². The van der Waals surface area contributed by atoms with E-state index in [4.69, 9.17) is 4.79 Å². The lowest BCUT2D eigenvalue weighted by Gasteiger charge is -1.99. The van der Waals surface area contributed by atoms with Gasteiger partial charge in [-0.15, -0.1) is 0 Å². The van der Waals surface area contributed by atoms with Crippen LogP contribution in [0.5, 0.6) is 0 Å². The first-order valence-electron chi connectivity index (χ1n) is 4.86. The fourth-order valence-electron chi connectivity index (χ4n) is 1.18. The second-order valence-electron chi connectivity index (χ2n) is 3.18. The van der Waals surface area contributed by atoms with Crippen molar-refractivity contribution in [1.29, 1.82) is 0 Å². The summed E-state index contributed by atoms with van der Waals surface area (Å²) in [6.07, 6.45) is 1.87. The van der Waals surface area contributed by atoms with Gasteiger partial charge in [0.1, 0.15) is 5.78 Å². The summed E-state index contributed by atoms with van der Waals surface area (Å²) in [5.41, 5.74) is 6.60. The normalized spacial score (nSPS) is 8.67. The van der Waals surface area contributed by atoms with Crippen molar-refractivity contribution in [3.05, 3.63) is 35.4 Å². The Kier molecular flexibility index (Phi) is 6.89. The third-order valence-electron chi connectivity index (χ3n) is 1.88. The summed E-state index contributed by atoms with van der Waals surface area (Å²) in [6, 6.07) is 8.22. The Morgan fingerprint density at radius 3 is 2.00 bits per heavy atom. The van der Waals surface area contributed by atoms with Crippen LogP contribution in [0.3, 0.4) is 0 Å². The summed E-state index contributed by atoms with van der Waals surface area (Å²) in [4.78, 5) is 19.4. The first kappa shape index (κ1) is 13.4. The second-order valence-corrected chi connectivity index (χ2v) is 3.18. The summed E-state index contributed by atoms with van der Waals surface area (Å²) in [6.45, 7) is 3.74. The van der Waals surface area contributed by atoms with E-state index in [1.807, 2.05) is 12.1 Å². The quantitative estimate of drug-likeness (QED) is 0.763.